The van der Waals surface area contributed by atoms with Crippen LogP contribution in [0.1, 0.15) is 28.8 Å². The number of hydrogen-bond acceptors (Lipinski definition) is 1. The van der Waals surface area contributed by atoms with Crippen molar-refractivity contribution in [2.75, 3.05) is 5.88 Å². The van der Waals surface area contributed by atoms with E-state index in [1.807, 2.05) is 0 Å². The number of amides is 1. The lowest BCUT2D eigenvalue weighted by atomic mass is 10.1. The van der Waals surface area contributed by atoms with Crippen LogP contribution in [0.2, 0.25) is 0 Å². The molecule has 0 aromatic heterocycles. The second-order valence-electron chi connectivity index (χ2n) is 4.39. The Labute approximate surface area is 98.8 Å². The first-order valence-electron chi connectivity index (χ1n) is 5.20. The standard InChI is InChI=1S/C12H13ClFNO/c1-8-4-9(6-10(14)5-8)11(16)15-12(7-13)2-3-12/h4-6H,2-3,7H2,1H3,(H,15,16). The molecule has 0 saturated heterocycles. The highest BCUT2D eigenvalue weighted by molar-refractivity contribution is 6.19. The maximum absolute atomic E-state index is 13.1. The second kappa shape index (κ2) is 4.06. The van der Waals surface area contributed by atoms with Gasteiger partial charge in [-0.05, 0) is 43.5 Å². The first-order chi connectivity index (χ1) is 7.54. The van der Waals surface area contributed by atoms with Crippen molar-refractivity contribution >= 4 is 17.5 Å². The molecule has 4 heteroatoms. The largest absolute Gasteiger partial charge is 0.345 e. The Balaban J connectivity index is 2.14. The fourth-order valence-electron chi connectivity index (χ4n) is 1.62. The third-order valence-corrected chi connectivity index (χ3v) is 3.30. The van der Waals surface area contributed by atoms with Crippen LogP contribution in [0.5, 0.6) is 0 Å². The second-order valence-corrected chi connectivity index (χ2v) is 4.65. The van der Waals surface area contributed by atoms with Crippen LogP contribution in [0.25, 0.3) is 0 Å². The van der Waals surface area contributed by atoms with Crippen molar-refractivity contribution in [1.29, 1.82) is 0 Å². The van der Waals surface area contributed by atoms with Gasteiger partial charge in [-0.2, -0.15) is 0 Å². The van der Waals surface area contributed by atoms with E-state index < -0.39 is 0 Å². The summed E-state index contributed by atoms with van der Waals surface area (Å²) in [6.45, 7) is 1.76. The highest BCUT2D eigenvalue weighted by Gasteiger charge is 2.43. The van der Waals surface area contributed by atoms with Gasteiger partial charge >= 0.3 is 0 Å². The van der Waals surface area contributed by atoms with Crippen molar-refractivity contribution in [3.8, 4) is 0 Å². The summed E-state index contributed by atoms with van der Waals surface area (Å²) in [5.74, 6) is -0.228. The van der Waals surface area contributed by atoms with Crippen LogP contribution in [0.3, 0.4) is 0 Å². The van der Waals surface area contributed by atoms with Crippen molar-refractivity contribution in [1.82, 2.24) is 5.32 Å². The Morgan fingerprint density at radius 2 is 2.19 bits per heavy atom. The Morgan fingerprint density at radius 1 is 1.50 bits per heavy atom. The molecule has 16 heavy (non-hydrogen) atoms. The minimum atomic E-state index is -0.388. The van der Waals surface area contributed by atoms with Gasteiger partial charge in [0.1, 0.15) is 5.82 Å². The van der Waals surface area contributed by atoms with Gasteiger partial charge in [0.2, 0.25) is 0 Å². The van der Waals surface area contributed by atoms with Gasteiger partial charge in [0, 0.05) is 11.4 Å². The van der Waals surface area contributed by atoms with Gasteiger partial charge < -0.3 is 5.32 Å². The van der Waals surface area contributed by atoms with E-state index in [-0.39, 0.29) is 17.3 Å². The van der Waals surface area contributed by atoms with Gasteiger partial charge in [0.15, 0.2) is 0 Å². The zero-order valence-corrected chi connectivity index (χ0v) is 9.77. The maximum Gasteiger partial charge on any atom is 0.251 e. The van der Waals surface area contributed by atoms with E-state index in [1.54, 1.807) is 13.0 Å². The summed E-state index contributed by atoms with van der Waals surface area (Å²) in [5.41, 5.74) is 0.841. The van der Waals surface area contributed by atoms with Crippen LogP contribution in [0.15, 0.2) is 18.2 Å². The van der Waals surface area contributed by atoms with Crippen LogP contribution < -0.4 is 5.32 Å². The van der Waals surface area contributed by atoms with E-state index in [0.29, 0.717) is 11.4 Å². The molecule has 1 aliphatic rings. The number of hydrogen-bond donors (Lipinski definition) is 1. The van der Waals surface area contributed by atoms with Gasteiger partial charge in [-0.15, -0.1) is 11.6 Å². The average molecular weight is 242 g/mol. The van der Waals surface area contributed by atoms with Gasteiger partial charge in [-0.25, -0.2) is 4.39 Å². The molecule has 1 amide bonds. The van der Waals surface area contributed by atoms with E-state index in [2.05, 4.69) is 5.32 Å². The van der Waals surface area contributed by atoms with E-state index >= 15 is 0 Å². The highest BCUT2D eigenvalue weighted by Crippen LogP contribution is 2.36. The fraction of sp³-hybridized carbons (Fsp3) is 0.417. The Morgan fingerprint density at radius 3 is 2.69 bits per heavy atom. The predicted molar refractivity (Wildman–Crippen MR) is 61.3 cm³/mol. The molecular weight excluding hydrogens is 229 g/mol. The molecule has 1 fully saturated rings. The highest BCUT2D eigenvalue weighted by atomic mass is 35.5. The van der Waals surface area contributed by atoms with E-state index in [9.17, 15) is 9.18 Å². The molecule has 2 nitrogen and oxygen atoms in total. The lowest BCUT2D eigenvalue weighted by Gasteiger charge is -2.14. The number of carbonyl (C=O) groups is 1. The molecule has 0 unspecified atom stereocenters. The molecule has 0 bridgehead atoms. The van der Waals surface area contributed by atoms with Gasteiger partial charge in [0.25, 0.3) is 5.91 Å². The molecule has 0 atom stereocenters. The number of nitrogens with one attached hydrogen (secondary N) is 1. The summed E-state index contributed by atoms with van der Waals surface area (Å²) in [5, 5.41) is 2.85. The van der Waals surface area contributed by atoms with Crippen molar-refractivity contribution in [3.05, 3.63) is 35.1 Å². The lowest BCUT2D eigenvalue weighted by Crippen LogP contribution is -2.38. The average Bonchev–Trinajstić information content (AvgIpc) is 2.97. The van der Waals surface area contributed by atoms with Crippen LogP contribution in [-0.4, -0.2) is 17.3 Å². The monoisotopic (exact) mass is 241 g/mol. The van der Waals surface area contributed by atoms with Gasteiger partial charge in [-0.1, -0.05) is 0 Å². The Hall–Kier alpha value is -1.09. The van der Waals surface area contributed by atoms with E-state index in [0.717, 1.165) is 18.4 Å². The first kappa shape index (κ1) is 11.4. The normalized spacial score (nSPS) is 16.9. The number of rotatable bonds is 3. The quantitative estimate of drug-likeness (QED) is 0.810. The molecule has 0 radical (unpaired) electrons. The van der Waals surface area contributed by atoms with Crippen molar-refractivity contribution in [3.63, 3.8) is 0 Å². The van der Waals surface area contributed by atoms with Crippen molar-refractivity contribution in [2.45, 2.75) is 25.3 Å². The molecule has 1 aromatic carbocycles. The number of alkyl halides is 1. The topological polar surface area (TPSA) is 29.1 Å². The molecule has 1 aliphatic carbocycles. The zero-order chi connectivity index (χ0) is 11.8. The molecule has 0 spiro atoms. The molecule has 1 N–H and O–H groups in total. The van der Waals surface area contributed by atoms with Gasteiger partial charge in [-0.3, -0.25) is 4.79 Å². The summed E-state index contributed by atoms with van der Waals surface area (Å²) < 4.78 is 13.1. The molecule has 0 heterocycles. The summed E-state index contributed by atoms with van der Waals surface area (Å²) in [6, 6.07) is 4.31. The van der Waals surface area contributed by atoms with Crippen LogP contribution in [0, 0.1) is 12.7 Å². The third kappa shape index (κ3) is 2.35. The minimum absolute atomic E-state index is 0.249. The number of halogens is 2. The molecule has 86 valence electrons. The third-order valence-electron chi connectivity index (χ3n) is 2.79. The summed E-state index contributed by atoms with van der Waals surface area (Å²) >= 11 is 5.76. The number of aryl methyl sites for hydroxylation is 1. The molecule has 1 saturated carbocycles. The molecule has 0 aliphatic heterocycles. The van der Waals surface area contributed by atoms with Crippen LogP contribution in [0.4, 0.5) is 4.39 Å². The van der Waals surface area contributed by atoms with Crippen molar-refractivity contribution < 1.29 is 9.18 Å². The Bertz CT molecular complexity index is 409. The molecular formula is C12H13ClFNO. The maximum atomic E-state index is 13.1. The summed E-state index contributed by atoms with van der Waals surface area (Å²) in [7, 11) is 0. The fourth-order valence-corrected chi connectivity index (χ4v) is 1.96. The summed E-state index contributed by atoms with van der Waals surface area (Å²) in [4.78, 5) is 11.8. The van der Waals surface area contributed by atoms with Crippen molar-refractivity contribution in [2.24, 2.45) is 0 Å². The number of carbonyl (C=O) groups excluding carboxylic acids is 1. The Kier molecular flexibility index (Phi) is 2.89. The van der Waals surface area contributed by atoms with E-state index in [1.165, 1.54) is 12.1 Å². The smallest absolute Gasteiger partial charge is 0.251 e. The molecule has 2 rings (SSSR count). The van der Waals surface area contributed by atoms with Crippen LogP contribution >= 0.6 is 11.6 Å². The first-order valence-corrected chi connectivity index (χ1v) is 5.74. The van der Waals surface area contributed by atoms with Gasteiger partial charge in [0.05, 0.1) is 5.54 Å². The molecule has 1 aromatic rings. The predicted octanol–water partition coefficient (Wildman–Crippen LogP) is 2.64. The lowest BCUT2D eigenvalue weighted by molar-refractivity contribution is 0.0935. The SMILES string of the molecule is Cc1cc(F)cc(C(=O)NC2(CCl)CC2)c1. The minimum Gasteiger partial charge on any atom is -0.345 e. The number of benzene rings is 1. The zero-order valence-electron chi connectivity index (χ0n) is 9.02. The summed E-state index contributed by atoms with van der Waals surface area (Å²) in [6.07, 6.45) is 1.80. The van der Waals surface area contributed by atoms with E-state index in [4.69, 9.17) is 11.6 Å². The van der Waals surface area contributed by atoms with Crippen LogP contribution in [-0.2, 0) is 0 Å².